The maximum atomic E-state index is 12.2. The van der Waals surface area contributed by atoms with Crippen molar-refractivity contribution in [1.29, 1.82) is 5.41 Å². The lowest BCUT2D eigenvalue weighted by Crippen LogP contribution is -2.23. The minimum absolute atomic E-state index is 0.139. The summed E-state index contributed by atoms with van der Waals surface area (Å²) in [5.74, 6) is -0.853. The predicted molar refractivity (Wildman–Crippen MR) is 57.8 cm³/mol. The van der Waals surface area contributed by atoms with E-state index in [9.17, 15) is 9.18 Å². The molecule has 0 aromatic heterocycles. The second-order valence-corrected chi connectivity index (χ2v) is 4.66. The molecule has 0 spiro atoms. The Morgan fingerprint density at radius 2 is 1.87 bits per heavy atom. The van der Waals surface area contributed by atoms with Gasteiger partial charge in [-0.25, -0.2) is 9.18 Å². The van der Waals surface area contributed by atoms with Crippen LogP contribution < -0.4 is 0 Å². The monoisotopic (exact) mass is 235 g/mol. The van der Waals surface area contributed by atoms with Crippen LogP contribution in [0.4, 0.5) is 4.39 Å². The minimum atomic E-state index is -0.521. The number of allylic oxidation sites excluding steroid dienone is 1. The predicted octanol–water partition coefficient (Wildman–Crippen LogP) is 3.18. The van der Waals surface area contributed by atoms with Gasteiger partial charge in [0.15, 0.2) is 0 Å². The Morgan fingerprint density at radius 3 is 2.07 bits per heavy atom. The molecule has 0 saturated carbocycles. The number of hydrogen-bond acceptors (Lipinski definition) is 3. The number of carbonyl (C=O) groups excluding carboxylic acids is 1. The van der Waals surface area contributed by atoms with Gasteiger partial charge in [-0.2, -0.15) is 0 Å². The summed E-state index contributed by atoms with van der Waals surface area (Å²) in [7, 11) is 0. The van der Waals surface area contributed by atoms with Crippen LogP contribution in [0.1, 0.15) is 34.1 Å². The number of carbonyl (C=O) groups is 1. The number of rotatable bonds is 1. The first kappa shape index (κ1) is 14.1. The quantitative estimate of drug-likeness (QED) is 0.561. The highest BCUT2D eigenvalue weighted by atomic mass is 35.5. The van der Waals surface area contributed by atoms with Crippen molar-refractivity contribution in [1.82, 2.24) is 0 Å². The normalized spacial score (nSPS) is 14.0. The standard InChI is InChI=1S/C8H11FO2.C2H4ClN/c1-8(2,3)11-7(10)5-4-6(5)9;1-2(3)4/h4H2,1-3H3;4H,1H3. The fourth-order valence-corrected chi connectivity index (χ4v) is 0.634. The summed E-state index contributed by atoms with van der Waals surface area (Å²) in [4.78, 5) is 10.9. The molecule has 5 heteroatoms. The lowest BCUT2D eigenvalue weighted by atomic mass is 10.2. The van der Waals surface area contributed by atoms with Crippen molar-refractivity contribution in [2.45, 2.75) is 39.7 Å². The topological polar surface area (TPSA) is 50.1 Å². The molecule has 0 unspecified atom stereocenters. The molecular formula is C10H15ClFNO2. The zero-order valence-corrected chi connectivity index (χ0v) is 10.0. The molecule has 0 aromatic carbocycles. The first-order chi connectivity index (χ1) is 6.63. The van der Waals surface area contributed by atoms with Gasteiger partial charge in [0.25, 0.3) is 0 Å². The largest absolute Gasteiger partial charge is 0.457 e. The number of ether oxygens (including phenoxy) is 1. The lowest BCUT2D eigenvalue weighted by Gasteiger charge is -2.18. The van der Waals surface area contributed by atoms with E-state index in [1.807, 2.05) is 0 Å². The second kappa shape index (κ2) is 5.26. The molecule has 0 radical (unpaired) electrons. The van der Waals surface area contributed by atoms with Gasteiger partial charge >= 0.3 is 5.97 Å². The van der Waals surface area contributed by atoms with Crippen LogP contribution in [0, 0.1) is 5.41 Å². The third-order valence-corrected chi connectivity index (χ3v) is 1.18. The molecule has 0 saturated heterocycles. The van der Waals surface area contributed by atoms with E-state index in [0.717, 1.165) is 0 Å². The van der Waals surface area contributed by atoms with Gasteiger partial charge in [0.2, 0.25) is 0 Å². The van der Waals surface area contributed by atoms with Gasteiger partial charge in [0, 0.05) is 6.42 Å². The van der Waals surface area contributed by atoms with Crippen LogP contribution in [0.15, 0.2) is 11.4 Å². The molecule has 86 valence electrons. The highest BCUT2D eigenvalue weighted by molar-refractivity contribution is 6.63. The smallest absolute Gasteiger partial charge is 0.337 e. The van der Waals surface area contributed by atoms with Gasteiger partial charge in [-0.1, -0.05) is 11.6 Å². The van der Waals surface area contributed by atoms with Gasteiger partial charge in [0.1, 0.15) is 11.4 Å². The van der Waals surface area contributed by atoms with Crippen molar-refractivity contribution in [3.63, 3.8) is 0 Å². The Labute approximate surface area is 93.8 Å². The van der Waals surface area contributed by atoms with Crippen LogP contribution in [0.25, 0.3) is 0 Å². The van der Waals surface area contributed by atoms with Crippen LogP contribution in [0.3, 0.4) is 0 Å². The van der Waals surface area contributed by atoms with Crippen LogP contribution in [0.2, 0.25) is 0 Å². The SMILES string of the molecule is CC(=N)Cl.CC(C)(C)OC(=O)C1=C(F)C1. The summed E-state index contributed by atoms with van der Waals surface area (Å²) in [6.07, 6.45) is 0.176. The van der Waals surface area contributed by atoms with E-state index in [1.165, 1.54) is 6.92 Å². The van der Waals surface area contributed by atoms with Crippen LogP contribution in [0.5, 0.6) is 0 Å². The van der Waals surface area contributed by atoms with E-state index >= 15 is 0 Å². The Bertz CT molecular complexity index is 301. The van der Waals surface area contributed by atoms with Crippen molar-refractivity contribution in [2.24, 2.45) is 0 Å². The number of hydrogen-bond donors (Lipinski definition) is 1. The Morgan fingerprint density at radius 1 is 1.53 bits per heavy atom. The van der Waals surface area contributed by atoms with Crippen molar-refractivity contribution >= 4 is 22.7 Å². The molecule has 0 amide bonds. The van der Waals surface area contributed by atoms with E-state index in [0.29, 0.717) is 0 Å². The average Bonchev–Trinajstić information content (AvgIpc) is 2.61. The summed E-state index contributed by atoms with van der Waals surface area (Å²) >= 11 is 4.86. The molecule has 0 heterocycles. The van der Waals surface area contributed by atoms with E-state index in [2.05, 4.69) is 0 Å². The first-order valence-electron chi connectivity index (χ1n) is 4.45. The fourth-order valence-electron chi connectivity index (χ4n) is 0.634. The number of halogens is 2. The fraction of sp³-hybridized carbons (Fsp3) is 0.600. The van der Waals surface area contributed by atoms with Crippen molar-refractivity contribution in [3.05, 3.63) is 11.4 Å². The maximum absolute atomic E-state index is 12.2. The van der Waals surface area contributed by atoms with Gasteiger partial charge in [-0.05, 0) is 27.7 Å². The molecule has 0 fully saturated rings. The zero-order chi connectivity index (χ0) is 12.2. The van der Waals surface area contributed by atoms with Crippen molar-refractivity contribution < 1.29 is 13.9 Å². The lowest BCUT2D eigenvalue weighted by molar-refractivity contribution is -0.149. The highest BCUT2D eigenvalue weighted by Gasteiger charge is 2.32. The molecule has 1 N–H and O–H groups in total. The molecular weight excluding hydrogens is 221 g/mol. The molecule has 1 aliphatic rings. The van der Waals surface area contributed by atoms with Crippen molar-refractivity contribution in [3.8, 4) is 0 Å². The maximum Gasteiger partial charge on any atom is 0.337 e. The van der Waals surface area contributed by atoms with Crippen LogP contribution in [-0.4, -0.2) is 16.7 Å². The number of esters is 1. The van der Waals surface area contributed by atoms with E-state index in [4.69, 9.17) is 21.7 Å². The average molecular weight is 236 g/mol. The third kappa shape index (κ3) is 8.12. The van der Waals surface area contributed by atoms with Gasteiger partial charge in [0.05, 0.1) is 10.7 Å². The Hall–Kier alpha value is -0.900. The second-order valence-electron chi connectivity index (χ2n) is 4.10. The van der Waals surface area contributed by atoms with Crippen LogP contribution in [-0.2, 0) is 9.53 Å². The van der Waals surface area contributed by atoms with E-state index in [1.54, 1.807) is 20.8 Å². The van der Waals surface area contributed by atoms with Gasteiger partial charge in [-0.15, -0.1) is 0 Å². The zero-order valence-electron chi connectivity index (χ0n) is 9.28. The highest BCUT2D eigenvalue weighted by Crippen LogP contribution is 2.33. The van der Waals surface area contributed by atoms with Gasteiger partial charge in [-0.3, -0.25) is 5.41 Å². The molecule has 3 nitrogen and oxygen atoms in total. The minimum Gasteiger partial charge on any atom is -0.457 e. The summed E-state index contributed by atoms with van der Waals surface area (Å²) in [6, 6.07) is 0. The Balaban J connectivity index is 0.000000423. The molecule has 1 rings (SSSR count). The molecule has 0 bridgehead atoms. The van der Waals surface area contributed by atoms with E-state index in [-0.39, 0.29) is 23.0 Å². The molecule has 0 atom stereocenters. The van der Waals surface area contributed by atoms with E-state index < -0.39 is 11.6 Å². The molecule has 0 aromatic rings. The Kier molecular flexibility index (Phi) is 4.94. The third-order valence-electron chi connectivity index (χ3n) is 1.18. The first-order valence-corrected chi connectivity index (χ1v) is 4.83. The summed E-state index contributed by atoms with van der Waals surface area (Å²) in [6.45, 7) is 6.78. The molecule has 0 aliphatic heterocycles. The summed E-state index contributed by atoms with van der Waals surface area (Å²) in [5.41, 5.74) is -0.327. The summed E-state index contributed by atoms with van der Waals surface area (Å²) in [5, 5.41) is 6.40. The van der Waals surface area contributed by atoms with Crippen LogP contribution >= 0.6 is 11.6 Å². The molecule has 15 heavy (non-hydrogen) atoms. The number of nitrogens with one attached hydrogen (secondary N) is 1. The summed E-state index contributed by atoms with van der Waals surface area (Å²) < 4.78 is 17.1. The van der Waals surface area contributed by atoms with Crippen molar-refractivity contribution in [2.75, 3.05) is 0 Å². The van der Waals surface area contributed by atoms with Gasteiger partial charge < -0.3 is 4.74 Å². The molecule has 1 aliphatic carbocycles.